The molecule has 1 aromatic carbocycles. The van der Waals surface area contributed by atoms with Gasteiger partial charge in [-0.1, -0.05) is 23.9 Å². The van der Waals surface area contributed by atoms with E-state index in [0.29, 0.717) is 10.2 Å². The van der Waals surface area contributed by atoms with Crippen LogP contribution in [0.1, 0.15) is 10.4 Å². The number of nitrogens with zero attached hydrogens (tertiary/aromatic N) is 3. The Morgan fingerprint density at radius 2 is 1.96 bits per heavy atom. The van der Waals surface area contributed by atoms with E-state index >= 15 is 0 Å². The van der Waals surface area contributed by atoms with Crippen LogP contribution in [0.5, 0.6) is 0 Å². The predicted octanol–water partition coefficient (Wildman–Crippen LogP) is 3.06. The molecule has 0 aliphatic carbocycles. The zero-order valence-electron chi connectivity index (χ0n) is 13.2. The number of nitrogens with one attached hydrogen (secondary N) is 2. The minimum Gasteiger partial charge on any atom is -0.305 e. The summed E-state index contributed by atoms with van der Waals surface area (Å²) in [6.07, 6.45) is 1.60. The Morgan fingerprint density at radius 1 is 1.12 bits per heavy atom. The predicted molar refractivity (Wildman–Crippen MR) is 97.9 cm³/mol. The fourth-order valence-corrected chi connectivity index (χ4v) is 3.03. The highest BCUT2D eigenvalue weighted by atomic mass is 32.2. The van der Waals surface area contributed by atoms with Crippen molar-refractivity contribution < 1.29 is 14.0 Å². The van der Waals surface area contributed by atoms with Gasteiger partial charge in [0.1, 0.15) is 10.8 Å². The van der Waals surface area contributed by atoms with Crippen LogP contribution in [0.25, 0.3) is 0 Å². The van der Waals surface area contributed by atoms with Crippen molar-refractivity contribution in [1.29, 1.82) is 0 Å². The summed E-state index contributed by atoms with van der Waals surface area (Å²) in [5.41, 5.74) is -0.0772. The van der Waals surface area contributed by atoms with Gasteiger partial charge in [-0.25, -0.2) is 9.37 Å². The molecule has 0 aliphatic heterocycles. The molecule has 0 aliphatic rings. The molecule has 10 heteroatoms. The lowest BCUT2D eigenvalue weighted by atomic mass is 10.2. The first-order valence-electron chi connectivity index (χ1n) is 7.33. The van der Waals surface area contributed by atoms with Crippen molar-refractivity contribution in [3.8, 4) is 0 Å². The van der Waals surface area contributed by atoms with Gasteiger partial charge in [0, 0.05) is 11.6 Å². The standard InChI is InChI=1S/C16H12FN5O2S2/c17-11-4-2-1-3-10(11)15(24)19-12-5-6-14(22-21-12)26-9-13(23)20-16-18-7-8-25-16/h1-8H,9H2,(H,18,20,23)(H,19,21,24). The number of aromatic nitrogens is 3. The summed E-state index contributed by atoms with van der Waals surface area (Å²) in [4.78, 5) is 27.7. The van der Waals surface area contributed by atoms with Crippen LogP contribution in [0.2, 0.25) is 0 Å². The number of thiazole rings is 1. The van der Waals surface area contributed by atoms with Gasteiger partial charge in [0.2, 0.25) is 5.91 Å². The van der Waals surface area contributed by atoms with Crippen LogP contribution in [-0.2, 0) is 4.79 Å². The molecule has 0 bridgehead atoms. The van der Waals surface area contributed by atoms with E-state index in [1.807, 2.05) is 0 Å². The molecular weight excluding hydrogens is 377 g/mol. The summed E-state index contributed by atoms with van der Waals surface area (Å²) >= 11 is 2.53. The molecule has 0 atom stereocenters. The van der Waals surface area contributed by atoms with E-state index in [9.17, 15) is 14.0 Å². The lowest BCUT2D eigenvalue weighted by molar-refractivity contribution is -0.113. The van der Waals surface area contributed by atoms with Crippen molar-refractivity contribution in [3.63, 3.8) is 0 Å². The molecule has 3 rings (SSSR count). The van der Waals surface area contributed by atoms with Gasteiger partial charge in [-0.2, -0.15) is 0 Å². The first-order valence-corrected chi connectivity index (χ1v) is 9.20. The maximum atomic E-state index is 13.6. The molecule has 0 saturated heterocycles. The van der Waals surface area contributed by atoms with Gasteiger partial charge in [0.05, 0.1) is 11.3 Å². The van der Waals surface area contributed by atoms with Crippen molar-refractivity contribution in [2.24, 2.45) is 0 Å². The number of carbonyl (C=O) groups excluding carboxylic acids is 2. The van der Waals surface area contributed by atoms with Gasteiger partial charge in [0.25, 0.3) is 5.91 Å². The van der Waals surface area contributed by atoms with Crippen LogP contribution in [0.4, 0.5) is 15.3 Å². The second-order valence-electron chi connectivity index (χ2n) is 4.86. The van der Waals surface area contributed by atoms with Crippen LogP contribution in [-0.4, -0.2) is 32.7 Å². The number of benzene rings is 1. The molecular formula is C16H12FN5O2S2. The zero-order chi connectivity index (χ0) is 18.4. The largest absolute Gasteiger partial charge is 0.305 e. The lowest BCUT2D eigenvalue weighted by Crippen LogP contribution is -2.15. The van der Waals surface area contributed by atoms with Gasteiger partial charge in [-0.3, -0.25) is 9.59 Å². The highest BCUT2D eigenvalue weighted by Gasteiger charge is 2.12. The fourth-order valence-electron chi connectivity index (χ4n) is 1.87. The molecule has 132 valence electrons. The van der Waals surface area contributed by atoms with E-state index in [1.54, 1.807) is 23.7 Å². The first kappa shape index (κ1) is 18.0. The second kappa shape index (κ2) is 8.50. The molecule has 0 fully saturated rings. The van der Waals surface area contributed by atoms with Gasteiger partial charge in [-0.15, -0.1) is 21.5 Å². The number of hydrogen-bond donors (Lipinski definition) is 2. The Balaban J connectivity index is 1.52. The zero-order valence-corrected chi connectivity index (χ0v) is 14.8. The Labute approximate surface area is 156 Å². The molecule has 2 amide bonds. The summed E-state index contributed by atoms with van der Waals surface area (Å²) < 4.78 is 13.6. The maximum absolute atomic E-state index is 13.6. The molecule has 26 heavy (non-hydrogen) atoms. The highest BCUT2D eigenvalue weighted by Crippen LogP contribution is 2.17. The van der Waals surface area contributed by atoms with Crippen LogP contribution < -0.4 is 10.6 Å². The molecule has 0 radical (unpaired) electrons. The summed E-state index contributed by atoms with van der Waals surface area (Å²) in [6, 6.07) is 8.81. The molecule has 0 unspecified atom stereocenters. The van der Waals surface area contributed by atoms with E-state index in [4.69, 9.17) is 0 Å². The van der Waals surface area contributed by atoms with E-state index in [0.717, 1.165) is 0 Å². The van der Waals surface area contributed by atoms with Crippen molar-refractivity contribution in [3.05, 3.63) is 59.4 Å². The van der Waals surface area contributed by atoms with Gasteiger partial charge in [0.15, 0.2) is 10.9 Å². The Morgan fingerprint density at radius 3 is 2.65 bits per heavy atom. The number of hydrogen-bond acceptors (Lipinski definition) is 7. The topological polar surface area (TPSA) is 96.9 Å². The van der Waals surface area contributed by atoms with E-state index in [-0.39, 0.29) is 23.0 Å². The van der Waals surface area contributed by atoms with Crippen LogP contribution in [0.15, 0.2) is 53.0 Å². The Bertz CT molecular complexity index is 903. The minimum absolute atomic E-state index is 0.0772. The van der Waals surface area contributed by atoms with Crippen LogP contribution >= 0.6 is 23.1 Å². The molecule has 2 N–H and O–H groups in total. The third kappa shape index (κ3) is 4.83. The number of thioether (sulfide) groups is 1. The van der Waals surface area contributed by atoms with E-state index in [2.05, 4.69) is 25.8 Å². The van der Waals surface area contributed by atoms with Crippen molar-refractivity contribution >= 4 is 45.9 Å². The van der Waals surface area contributed by atoms with E-state index < -0.39 is 11.7 Å². The second-order valence-corrected chi connectivity index (χ2v) is 6.76. The van der Waals surface area contributed by atoms with Gasteiger partial charge in [-0.05, 0) is 24.3 Å². The fraction of sp³-hybridized carbons (Fsp3) is 0.0625. The monoisotopic (exact) mass is 389 g/mol. The molecule has 7 nitrogen and oxygen atoms in total. The SMILES string of the molecule is O=C(CSc1ccc(NC(=O)c2ccccc2F)nn1)Nc1nccs1. The maximum Gasteiger partial charge on any atom is 0.259 e. The Kier molecular flexibility index (Phi) is 5.87. The number of amides is 2. The van der Waals surface area contributed by atoms with Crippen molar-refractivity contribution in [2.45, 2.75) is 5.03 Å². The first-order chi connectivity index (χ1) is 12.6. The quantitative estimate of drug-likeness (QED) is 0.629. The smallest absolute Gasteiger partial charge is 0.259 e. The Hall–Kier alpha value is -2.85. The average Bonchev–Trinajstić information content (AvgIpc) is 3.14. The van der Waals surface area contributed by atoms with Crippen molar-refractivity contribution in [2.75, 3.05) is 16.4 Å². The van der Waals surface area contributed by atoms with E-state index in [1.165, 1.54) is 47.4 Å². The van der Waals surface area contributed by atoms with Crippen LogP contribution in [0.3, 0.4) is 0 Å². The van der Waals surface area contributed by atoms with Crippen molar-refractivity contribution in [1.82, 2.24) is 15.2 Å². The average molecular weight is 389 g/mol. The molecule has 3 aromatic rings. The number of carbonyl (C=O) groups is 2. The lowest BCUT2D eigenvalue weighted by Gasteiger charge is -2.05. The molecule has 2 aromatic heterocycles. The summed E-state index contributed by atoms with van der Waals surface area (Å²) in [6.45, 7) is 0. The van der Waals surface area contributed by atoms with Gasteiger partial charge >= 0.3 is 0 Å². The third-order valence-electron chi connectivity index (χ3n) is 3.03. The normalized spacial score (nSPS) is 10.3. The number of halogens is 1. The van der Waals surface area contributed by atoms with Gasteiger partial charge < -0.3 is 10.6 Å². The summed E-state index contributed by atoms with van der Waals surface area (Å²) in [5, 5.41) is 15.7. The third-order valence-corrected chi connectivity index (χ3v) is 4.64. The molecule has 0 saturated carbocycles. The molecule has 2 heterocycles. The minimum atomic E-state index is -0.614. The number of rotatable bonds is 6. The van der Waals surface area contributed by atoms with Crippen LogP contribution in [0, 0.1) is 5.82 Å². The number of anilines is 2. The highest BCUT2D eigenvalue weighted by molar-refractivity contribution is 7.99. The summed E-state index contributed by atoms with van der Waals surface area (Å²) in [7, 11) is 0. The summed E-state index contributed by atoms with van der Waals surface area (Å²) in [5.74, 6) is -1.09. The molecule has 0 spiro atoms.